The maximum absolute atomic E-state index is 12.5. The van der Waals surface area contributed by atoms with Gasteiger partial charge >= 0.3 is 5.97 Å². The highest BCUT2D eigenvalue weighted by molar-refractivity contribution is 6.22. The van der Waals surface area contributed by atoms with Gasteiger partial charge in [-0.05, 0) is 37.2 Å². The minimum Gasteiger partial charge on any atom is -0.465 e. The molecule has 1 heterocycles. The summed E-state index contributed by atoms with van der Waals surface area (Å²) in [6.07, 6.45) is 5.95. The van der Waals surface area contributed by atoms with Crippen molar-refractivity contribution >= 4 is 23.5 Å². The molecule has 0 aromatic heterocycles. The number of nitrogens with zero attached hydrogens (tertiary/aromatic N) is 1. The molecule has 0 aliphatic carbocycles. The van der Waals surface area contributed by atoms with Crippen molar-refractivity contribution in [1.82, 2.24) is 5.32 Å². The molecule has 0 saturated carbocycles. The van der Waals surface area contributed by atoms with Crippen LogP contribution in [0.1, 0.15) is 55.8 Å². The first-order valence-electron chi connectivity index (χ1n) is 8.87. The number of anilines is 1. The molecule has 0 unspecified atom stereocenters. The Kier molecular flexibility index (Phi) is 7.13. The number of esters is 1. The van der Waals surface area contributed by atoms with Crippen LogP contribution in [-0.2, 0) is 14.3 Å². The summed E-state index contributed by atoms with van der Waals surface area (Å²) in [5.74, 6) is -0.906. The van der Waals surface area contributed by atoms with Crippen LogP contribution in [-0.4, -0.2) is 37.5 Å². The second-order valence-electron chi connectivity index (χ2n) is 6.23. The van der Waals surface area contributed by atoms with Gasteiger partial charge in [0.25, 0.3) is 5.91 Å². The lowest BCUT2D eigenvalue weighted by Gasteiger charge is -2.16. The number of methoxy groups -OCH3 is 1. The number of hydrogen-bond acceptors (Lipinski definition) is 5. The summed E-state index contributed by atoms with van der Waals surface area (Å²) in [7, 11) is 1.31. The second kappa shape index (κ2) is 9.32. The predicted octanol–water partition coefficient (Wildman–Crippen LogP) is 2.67. The third-order valence-corrected chi connectivity index (χ3v) is 4.36. The average Bonchev–Trinajstić information content (AvgIpc) is 2.91. The Morgan fingerprint density at radius 3 is 2.48 bits per heavy atom. The first-order valence-corrected chi connectivity index (χ1v) is 8.87. The third kappa shape index (κ3) is 4.89. The standard InChI is InChI=1S/C19H26N2O4/c1-3-4-5-6-7-12-20-16-13-17(22)21(18(16)23)15-10-8-14(9-11-15)19(24)25-2/h8-11,16,20H,3-7,12-13H2,1-2H3/t16-/m1/s1. The molecule has 1 atom stereocenters. The maximum atomic E-state index is 12.5. The number of unbranched alkanes of at least 4 members (excludes halogenated alkanes) is 4. The second-order valence-corrected chi connectivity index (χ2v) is 6.23. The number of ether oxygens (including phenoxy) is 1. The number of imide groups is 1. The lowest BCUT2D eigenvalue weighted by molar-refractivity contribution is -0.121. The van der Waals surface area contributed by atoms with Gasteiger partial charge < -0.3 is 10.1 Å². The van der Waals surface area contributed by atoms with Crippen molar-refractivity contribution in [1.29, 1.82) is 0 Å². The van der Waals surface area contributed by atoms with E-state index in [-0.39, 0.29) is 18.2 Å². The summed E-state index contributed by atoms with van der Waals surface area (Å²) in [6.45, 7) is 2.91. The molecule has 1 aliphatic heterocycles. The summed E-state index contributed by atoms with van der Waals surface area (Å²) in [5, 5.41) is 3.19. The summed E-state index contributed by atoms with van der Waals surface area (Å²) in [6, 6.07) is 5.83. The fourth-order valence-electron chi connectivity index (χ4n) is 2.93. The Balaban J connectivity index is 1.91. The van der Waals surface area contributed by atoms with E-state index in [1.54, 1.807) is 24.3 Å². The van der Waals surface area contributed by atoms with Gasteiger partial charge in [0, 0.05) is 0 Å². The molecule has 1 fully saturated rings. The molecule has 2 rings (SSSR count). The van der Waals surface area contributed by atoms with Gasteiger partial charge in [-0.1, -0.05) is 32.6 Å². The Morgan fingerprint density at radius 2 is 1.84 bits per heavy atom. The van der Waals surface area contributed by atoms with Crippen molar-refractivity contribution in [3.63, 3.8) is 0 Å². The molecule has 136 valence electrons. The zero-order chi connectivity index (χ0) is 18.2. The maximum Gasteiger partial charge on any atom is 0.337 e. The van der Waals surface area contributed by atoms with Gasteiger partial charge in [-0.15, -0.1) is 0 Å². The van der Waals surface area contributed by atoms with Crippen molar-refractivity contribution in [3.8, 4) is 0 Å². The molecule has 6 nitrogen and oxygen atoms in total. The first kappa shape index (κ1) is 19.1. The van der Waals surface area contributed by atoms with Crippen molar-refractivity contribution in [2.75, 3.05) is 18.6 Å². The Morgan fingerprint density at radius 1 is 1.16 bits per heavy atom. The highest BCUT2D eigenvalue weighted by Crippen LogP contribution is 2.23. The summed E-state index contributed by atoms with van der Waals surface area (Å²) >= 11 is 0. The monoisotopic (exact) mass is 346 g/mol. The van der Waals surface area contributed by atoms with E-state index in [0.29, 0.717) is 11.3 Å². The minimum absolute atomic E-state index is 0.173. The highest BCUT2D eigenvalue weighted by Gasteiger charge is 2.39. The molecule has 1 aromatic carbocycles. The lowest BCUT2D eigenvalue weighted by atomic mass is 10.1. The molecule has 25 heavy (non-hydrogen) atoms. The van der Waals surface area contributed by atoms with Crippen LogP contribution in [0.5, 0.6) is 0 Å². The summed E-state index contributed by atoms with van der Waals surface area (Å²) in [5.41, 5.74) is 0.863. The van der Waals surface area contributed by atoms with Crippen molar-refractivity contribution in [2.24, 2.45) is 0 Å². The molecular weight excluding hydrogens is 320 g/mol. The van der Waals surface area contributed by atoms with E-state index in [0.717, 1.165) is 19.4 Å². The van der Waals surface area contributed by atoms with Gasteiger partial charge in [0.15, 0.2) is 0 Å². The summed E-state index contributed by atoms with van der Waals surface area (Å²) in [4.78, 5) is 37.4. The smallest absolute Gasteiger partial charge is 0.337 e. The van der Waals surface area contributed by atoms with Crippen molar-refractivity contribution in [2.45, 2.75) is 51.5 Å². The number of hydrogen-bond donors (Lipinski definition) is 1. The van der Waals surface area contributed by atoms with Crippen LogP contribution in [0.15, 0.2) is 24.3 Å². The Bertz CT molecular complexity index is 612. The number of benzene rings is 1. The van der Waals surface area contributed by atoms with Crippen LogP contribution < -0.4 is 10.2 Å². The number of carbonyl (C=O) groups excluding carboxylic acids is 3. The largest absolute Gasteiger partial charge is 0.465 e. The molecule has 0 radical (unpaired) electrons. The van der Waals surface area contributed by atoms with Crippen molar-refractivity contribution in [3.05, 3.63) is 29.8 Å². The predicted molar refractivity (Wildman–Crippen MR) is 95.4 cm³/mol. The van der Waals surface area contributed by atoms with Crippen LogP contribution in [0.4, 0.5) is 5.69 Å². The fourth-order valence-corrected chi connectivity index (χ4v) is 2.93. The van der Waals surface area contributed by atoms with E-state index in [1.807, 2.05) is 0 Å². The minimum atomic E-state index is -0.459. The third-order valence-electron chi connectivity index (χ3n) is 4.36. The van der Waals surface area contributed by atoms with E-state index in [1.165, 1.54) is 31.3 Å². The lowest BCUT2D eigenvalue weighted by Crippen LogP contribution is -2.39. The van der Waals surface area contributed by atoms with Crippen LogP contribution in [0.3, 0.4) is 0 Å². The number of rotatable bonds is 9. The molecule has 6 heteroatoms. The van der Waals surface area contributed by atoms with Gasteiger partial charge in [0.05, 0.1) is 30.8 Å². The van der Waals surface area contributed by atoms with Crippen LogP contribution in [0, 0.1) is 0 Å². The SMILES string of the molecule is CCCCCCCN[C@@H]1CC(=O)N(c2ccc(C(=O)OC)cc2)C1=O. The van der Waals surface area contributed by atoms with Crippen LogP contribution in [0.25, 0.3) is 0 Å². The molecule has 1 aromatic rings. The average molecular weight is 346 g/mol. The molecule has 0 spiro atoms. The van der Waals surface area contributed by atoms with E-state index in [9.17, 15) is 14.4 Å². The normalized spacial score (nSPS) is 17.2. The number of carbonyl (C=O) groups is 3. The summed E-state index contributed by atoms with van der Waals surface area (Å²) < 4.78 is 4.64. The number of nitrogens with one attached hydrogen (secondary N) is 1. The molecule has 1 saturated heterocycles. The molecular formula is C19H26N2O4. The first-order chi connectivity index (χ1) is 12.1. The molecule has 2 amide bonds. The Hall–Kier alpha value is -2.21. The molecule has 1 N–H and O–H groups in total. The van der Waals surface area contributed by atoms with E-state index in [2.05, 4.69) is 17.0 Å². The van der Waals surface area contributed by atoms with E-state index in [4.69, 9.17) is 0 Å². The van der Waals surface area contributed by atoms with Gasteiger partial charge in [-0.3, -0.25) is 9.59 Å². The van der Waals surface area contributed by atoms with E-state index >= 15 is 0 Å². The Labute approximate surface area is 148 Å². The van der Waals surface area contributed by atoms with Crippen molar-refractivity contribution < 1.29 is 19.1 Å². The topological polar surface area (TPSA) is 75.7 Å². The molecule has 1 aliphatic rings. The quantitative estimate of drug-likeness (QED) is 0.423. The molecule has 0 bridgehead atoms. The zero-order valence-corrected chi connectivity index (χ0v) is 14.9. The van der Waals surface area contributed by atoms with Crippen LogP contribution >= 0.6 is 0 Å². The highest BCUT2D eigenvalue weighted by atomic mass is 16.5. The van der Waals surface area contributed by atoms with Gasteiger partial charge in [-0.25, -0.2) is 9.69 Å². The number of amides is 2. The zero-order valence-electron chi connectivity index (χ0n) is 14.9. The van der Waals surface area contributed by atoms with Gasteiger partial charge in [0.2, 0.25) is 5.91 Å². The van der Waals surface area contributed by atoms with Gasteiger partial charge in [-0.2, -0.15) is 0 Å². The van der Waals surface area contributed by atoms with Crippen LogP contribution in [0.2, 0.25) is 0 Å². The fraction of sp³-hybridized carbons (Fsp3) is 0.526. The van der Waals surface area contributed by atoms with E-state index < -0.39 is 12.0 Å². The van der Waals surface area contributed by atoms with Gasteiger partial charge in [0.1, 0.15) is 0 Å².